The Balaban J connectivity index is 2.15. The lowest BCUT2D eigenvalue weighted by Gasteiger charge is -2.31. The van der Waals surface area contributed by atoms with E-state index < -0.39 is 6.10 Å². The lowest BCUT2D eigenvalue weighted by atomic mass is 9.85. The van der Waals surface area contributed by atoms with E-state index >= 15 is 0 Å². The van der Waals surface area contributed by atoms with Gasteiger partial charge in [-0.05, 0) is 18.8 Å². The van der Waals surface area contributed by atoms with Crippen LogP contribution >= 0.6 is 0 Å². The lowest BCUT2D eigenvalue weighted by Crippen LogP contribution is -2.39. The van der Waals surface area contributed by atoms with E-state index in [0.29, 0.717) is 25.2 Å². The van der Waals surface area contributed by atoms with Crippen LogP contribution in [0.15, 0.2) is 0 Å². The molecular weight excluding hydrogens is 256 g/mol. The summed E-state index contributed by atoms with van der Waals surface area (Å²) in [5.74, 6) is 0.649. The fraction of sp³-hybridized carbons (Fsp3) is 0.933. The Kier molecular flexibility index (Phi) is 8.11. The first-order valence-electron chi connectivity index (χ1n) is 7.75. The Bertz CT molecular complexity index is 284. The second-order valence-electron chi connectivity index (χ2n) is 5.90. The van der Waals surface area contributed by atoms with E-state index in [4.69, 9.17) is 4.74 Å². The molecule has 1 fully saturated rings. The van der Waals surface area contributed by atoms with E-state index in [1.165, 1.54) is 24.2 Å². The minimum atomic E-state index is -0.551. The second kappa shape index (κ2) is 9.32. The molecule has 1 aliphatic carbocycles. The van der Waals surface area contributed by atoms with E-state index in [2.05, 4.69) is 12.2 Å². The van der Waals surface area contributed by atoms with Crippen LogP contribution < -0.4 is 5.32 Å². The predicted molar refractivity (Wildman–Crippen MR) is 79.6 cm³/mol. The van der Waals surface area contributed by atoms with Gasteiger partial charge in [-0.2, -0.15) is 0 Å². The number of ether oxygens (including phenoxy) is 1. The number of nitrogens with one attached hydrogen (secondary N) is 1. The zero-order chi connectivity index (χ0) is 15.0. The van der Waals surface area contributed by atoms with E-state index in [-0.39, 0.29) is 12.5 Å². The van der Waals surface area contributed by atoms with E-state index in [0.717, 1.165) is 12.8 Å². The van der Waals surface area contributed by atoms with Crippen molar-refractivity contribution in [1.82, 2.24) is 10.2 Å². The van der Waals surface area contributed by atoms with Crippen molar-refractivity contribution in [1.29, 1.82) is 0 Å². The average Bonchev–Trinajstić information content (AvgIpc) is 2.45. The van der Waals surface area contributed by atoms with Crippen molar-refractivity contribution < 1.29 is 14.6 Å². The van der Waals surface area contributed by atoms with Crippen molar-refractivity contribution in [2.75, 3.05) is 33.8 Å². The Labute approximate surface area is 122 Å². The third kappa shape index (κ3) is 6.20. The number of aliphatic hydroxyl groups excluding tert-OH is 1. The Morgan fingerprint density at radius 1 is 1.40 bits per heavy atom. The molecule has 0 aromatic carbocycles. The highest BCUT2D eigenvalue weighted by Crippen LogP contribution is 2.29. The maximum absolute atomic E-state index is 11.4. The largest absolute Gasteiger partial charge is 0.389 e. The minimum absolute atomic E-state index is 0.0106. The lowest BCUT2D eigenvalue weighted by molar-refractivity contribution is -0.127. The molecule has 1 saturated carbocycles. The van der Waals surface area contributed by atoms with Gasteiger partial charge in [0.25, 0.3) is 0 Å². The predicted octanol–water partition coefficient (Wildman–Crippen LogP) is 1.01. The molecule has 20 heavy (non-hydrogen) atoms. The van der Waals surface area contributed by atoms with Gasteiger partial charge >= 0.3 is 0 Å². The fourth-order valence-electron chi connectivity index (χ4n) is 2.66. The highest BCUT2D eigenvalue weighted by molar-refractivity contribution is 5.77. The van der Waals surface area contributed by atoms with Gasteiger partial charge in [0.1, 0.15) is 0 Å². The molecule has 2 N–H and O–H groups in total. The minimum Gasteiger partial charge on any atom is -0.389 e. The third-order valence-electron chi connectivity index (χ3n) is 4.02. The fourth-order valence-corrected chi connectivity index (χ4v) is 2.66. The first kappa shape index (κ1) is 17.4. The van der Waals surface area contributed by atoms with Crippen molar-refractivity contribution in [3.63, 3.8) is 0 Å². The topological polar surface area (TPSA) is 61.8 Å². The van der Waals surface area contributed by atoms with Gasteiger partial charge in [-0.25, -0.2) is 0 Å². The quantitative estimate of drug-likeness (QED) is 0.699. The van der Waals surface area contributed by atoms with Crippen LogP contribution in [0.2, 0.25) is 0 Å². The number of hydrogen-bond acceptors (Lipinski definition) is 4. The zero-order valence-electron chi connectivity index (χ0n) is 13.1. The standard InChI is InChI=1S/C15H30N2O3/c1-4-12-7-5-6-8-14(12)20-11-13(18)9-16-10-15(19)17(2)3/h12-14,16,18H,4-11H2,1-3H3. The molecule has 1 aliphatic rings. The van der Waals surface area contributed by atoms with Crippen molar-refractivity contribution >= 4 is 5.91 Å². The summed E-state index contributed by atoms with van der Waals surface area (Å²) < 4.78 is 5.87. The molecule has 0 spiro atoms. The monoisotopic (exact) mass is 286 g/mol. The molecule has 0 aromatic heterocycles. The van der Waals surface area contributed by atoms with E-state index in [1.54, 1.807) is 14.1 Å². The van der Waals surface area contributed by atoms with Crippen molar-refractivity contribution in [3.05, 3.63) is 0 Å². The molecule has 3 unspecified atom stereocenters. The SMILES string of the molecule is CCC1CCCCC1OCC(O)CNCC(=O)N(C)C. The van der Waals surface area contributed by atoms with Crippen LogP contribution in [0, 0.1) is 5.92 Å². The number of carbonyl (C=O) groups excluding carboxylic acids is 1. The van der Waals surface area contributed by atoms with Crippen LogP contribution in [0.5, 0.6) is 0 Å². The van der Waals surface area contributed by atoms with Crippen molar-refractivity contribution in [2.45, 2.75) is 51.2 Å². The van der Waals surface area contributed by atoms with Gasteiger partial charge in [0.2, 0.25) is 5.91 Å². The highest BCUT2D eigenvalue weighted by Gasteiger charge is 2.24. The summed E-state index contributed by atoms with van der Waals surface area (Å²) in [6.07, 6.45) is 5.78. The van der Waals surface area contributed by atoms with Gasteiger partial charge in [-0.1, -0.05) is 26.2 Å². The van der Waals surface area contributed by atoms with Crippen LogP contribution in [-0.4, -0.2) is 61.9 Å². The Morgan fingerprint density at radius 3 is 2.75 bits per heavy atom. The van der Waals surface area contributed by atoms with Gasteiger partial charge in [0.15, 0.2) is 0 Å². The average molecular weight is 286 g/mol. The van der Waals surface area contributed by atoms with Crippen LogP contribution in [0.3, 0.4) is 0 Å². The van der Waals surface area contributed by atoms with Crippen molar-refractivity contribution in [2.24, 2.45) is 5.92 Å². The molecule has 0 bridgehead atoms. The number of amides is 1. The van der Waals surface area contributed by atoms with E-state index in [1.807, 2.05) is 0 Å². The molecule has 0 saturated heterocycles. The molecule has 1 rings (SSSR count). The summed E-state index contributed by atoms with van der Waals surface area (Å²) in [5.41, 5.74) is 0. The molecule has 1 amide bonds. The smallest absolute Gasteiger partial charge is 0.236 e. The molecule has 0 heterocycles. The summed E-state index contributed by atoms with van der Waals surface area (Å²) in [7, 11) is 3.44. The molecule has 0 aromatic rings. The number of carbonyl (C=O) groups is 1. The van der Waals surface area contributed by atoms with Gasteiger partial charge in [0.05, 0.1) is 25.4 Å². The van der Waals surface area contributed by atoms with Crippen LogP contribution in [0.1, 0.15) is 39.0 Å². The maximum atomic E-state index is 11.4. The number of rotatable bonds is 8. The molecule has 0 radical (unpaired) electrons. The first-order valence-corrected chi connectivity index (χ1v) is 7.75. The number of aliphatic hydroxyl groups is 1. The molecule has 5 heteroatoms. The summed E-state index contributed by atoms with van der Waals surface area (Å²) in [4.78, 5) is 12.9. The molecular formula is C15H30N2O3. The number of likely N-dealkylation sites (N-methyl/N-ethyl adjacent to an activating group) is 1. The summed E-state index contributed by atoms with van der Waals surface area (Å²) >= 11 is 0. The van der Waals surface area contributed by atoms with Gasteiger partial charge in [-0.3, -0.25) is 4.79 Å². The molecule has 5 nitrogen and oxygen atoms in total. The first-order chi connectivity index (χ1) is 9.54. The third-order valence-corrected chi connectivity index (χ3v) is 4.02. The Hall–Kier alpha value is -0.650. The summed E-state index contributed by atoms with van der Waals surface area (Å²) in [6, 6.07) is 0. The van der Waals surface area contributed by atoms with Crippen LogP contribution in [0.25, 0.3) is 0 Å². The summed E-state index contributed by atoms with van der Waals surface area (Å²) in [6.45, 7) is 3.20. The molecule has 0 aliphatic heterocycles. The maximum Gasteiger partial charge on any atom is 0.236 e. The number of hydrogen-bond donors (Lipinski definition) is 2. The Morgan fingerprint density at radius 2 is 2.10 bits per heavy atom. The van der Waals surface area contributed by atoms with Gasteiger partial charge in [-0.15, -0.1) is 0 Å². The highest BCUT2D eigenvalue weighted by atomic mass is 16.5. The number of nitrogens with zero attached hydrogens (tertiary/aromatic N) is 1. The molecule has 3 atom stereocenters. The molecule has 118 valence electrons. The normalized spacial score (nSPS) is 24.4. The zero-order valence-corrected chi connectivity index (χ0v) is 13.1. The second-order valence-corrected chi connectivity index (χ2v) is 5.90. The van der Waals surface area contributed by atoms with Crippen LogP contribution in [-0.2, 0) is 9.53 Å². The van der Waals surface area contributed by atoms with Crippen molar-refractivity contribution in [3.8, 4) is 0 Å². The van der Waals surface area contributed by atoms with Gasteiger partial charge in [0, 0.05) is 20.6 Å². The van der Waals surface area contributed by atoms with Gasteiger partial charge < -0.3 is 20.1 Å². The summed E-state index contributed by atoms with van der Waals surface area (Å²) in [5, 5.41) is 12.8. The van der Waals surface area contributed by atoms with E-state index in [9.17, 15) is 9.90 Å². The van der Waals surface area contributed by atoms with Crippen LogP contribution in [0.4, 0.5) is 0 Å².